The smallest absolute Gasteiger partial charge is 0.334 e. The zero-order valence-corrected chi connectivity index (χ0v) is 7.10. The summed E-state index contributed by atoms with van der Waals surface area (Å²) in [6.45, 7) is 4.08. The minimum atomic E-state index is -0.199. The summed E-state index contributed by atoms with van der Waals surface area (Å²) in [6, 6.07) is 0. The number of ether oxygens (including phenoxy) is 1. The molecule has 0 atom stereocenters. The Morgan fingerprint density at radius 3 is 2.45 bits per heavy atom. The Kier molecular flexibility index (Phi) is 2.13. The SMILES string of the molecule is COC(=O)C1=CC(=C(C)C)C1. The van der Waals surface area contributed by atoms with Crippen LogP contribution in [-0.4, -0.2) is 13.1 Å². The third-order valence-electron chi connectivity index (χ3n) is 1.82. The number of allylic oxidation sites excluding steroid dienone is 3. The topological polar surface area (TPSA) is 26.3 Å². The van der Waals surface area contributed by atoms with Gasteiger partial charge in [0.1, 0.15) is 0 Å². The molecule has 0 fully saturated rings. The van der Waals surface area contributed by atoms with Crippen molar-refractivity contribution in [2.45, 2.75) is 20.3 Å². The molecule has 2 heteroatoms. The Bertz CT molecular complexity index is 242. The number of hydrogen-bond acceptors (Lipinski definition) is 2. The Morgan fingerprint density at radius 1 is 1.55 bits per heavy atom. The Morgan fingerprint density at radius 2 is 2.09 bits per heavy atom. The molecule has 0 saturated carbocycles. The number of esters is 1. The molecule has 0 radical (unpaired) electrons. The first-order valence-corrected chi connectivity index (χ1v) is 3.60. The molecule has 0 aromatic rings. The monoisotopic (exact) mass is 152 g/mol. The largest absolute Gasteiger partial charge is 0.466 e. The van der Waals surface area contributed by atoms with Crippen LogP contribution in [0.1, 0.15) is 20.3 Å². The van der Waals surface area contributed by atoms with Gasteiger partial charge in [0.25, 0.3) is 0 Å². The van der Waals surface area contributed by atoms with Crippen molar-refractivity contribution < 1.29 is 9.53 Å². The predicted octanol–water partition coefficient (Wildman–Crippen LogP) is 1.83. The van der Waals surface area contributed by atoms with Gasteiger partial charge in [0.15, 0.2) is 0 Å². The van der Waals surface area contributed by atoms with Gasteiger partial charge in [-0.3, -0.25) is 0 Å². The third-order valence-corrected chi connectivity index (χ3v) is 1.82. The second-order valence-corrected chi connectivity index (χ2v) is 2.86. The number of carbonyl (C=O) groups is 1. The van der Waals surface area contributed by atoms with Crippen molar-refractivity contribution in [1.29, 1.82) is 0 Å². The van der Waals surface area contributed by atoms with E-state index in [1.54, 1.807) is 0 Å². The van der Waals surface area contributed by atoms with Crippen LogP contribution in [-0.2, 0) is 9.53 Å². The Labute approximate surface area is 66.5 Å². The maximum Gasteiger partial charge on any atom is 0.334 e. The molecule has 2 nitrogen and oxygen atoms in total. The molecule has 1 aliphatic rings. The van der Waals surface area contributed by atoms with Crippen LogP contribution in [0, 0.1) is 0 Å². The number of methoxy groups -OCH3 is 1. The second-order valence-electron chi connectivity index (χ2n) is 2.86. The van der Waals surface area contributed by atoms with Gasteiger partial charge in [-0.25, -0.2) is 4.79 Å². The quantitative estimate of drug-likeness (QED) is 0.536. The summed E-state index contributed by atoms with van der Waals surface area (Å²) in [5.74, 6) is -0.199. The molecule has 0 N–H and O–H groups in total. The minimum Gasteiger partial charge on any atom is -0.466 e. The van der Waals surface area contributed by atoms with E-state index < -0.39 is 0 Å². The highest BCUT2D eigenvalue weighted by atomic mass is 16.5. The van der Waals surface area contributed by atoms with Gasteiger partial charge < -0.3 is 4.74 Å². The van der Waals surface area contributed by atoms with Gasteiger partial charge in [-0.05, 0) is 25.5 Å². The standard InChI is InChI=1S/C9H12O2/c1-6(2)7-4-8(5-7)9(10)11-3/h4H,5H2,1-3H3. The zero-order chi connectivity index (χ0) is 8.43. The fraction of sp³-hybridized carbons (Fsp3) is 0.444. The highest BCUT2D eigenvalue weighted by Gasteiger charge is 2.19. The van der Waals surface area contributed by atoms with E-state index in [9.17, 15) is 4.79 Å². The maximum absolute atomic E-state index is 10.8. The third kappa shape index (κ3) is 1.50. The molecule has 0 aliphatic heterocycles. The molecule has 0 amide bonds. The number of carbonyl (C=O) groups excluding carboxylic acids is 1. The Hall–Kier alpha value is -1.05. The van der Waals surface area contributed by atoms with Crippen LogP contribution in [0.2, 0.25) is 0 Å². The van der Waals surface area contributed by atoms with Gasteiger partial charge in [-0.1, -0.05) is 5.57 Å². The van der Waals surface area contributed by atoms with Crippen molar-refractivity contribution in [2.75, 3.05) is 7.11 Å². The normalized spacial score (nSPS) is 15.2. The molecular weight excluding hydrogens is 140 g/mol. The molecule has 0 unspecified atom stereocenters. The highest BCUT2D eigenvalue weighted by molar-refractivity contribution is 5.92. The fourth-order valence-corrected chi connectivity index (χ4v) is 0.970. The van der Waals surface area contributed by atoms with Gasteiger partial charge in [-0.2, -0.15) is 0 Å². The summed E-state index contributed by atoms with van der Waals surface area (Å²) in [7, 11) is 1.41. The molecular formula is C9H12O2. The molecule has 1 rings (SSSR count). The number of hydrogen-bond donors (Lipinski definition) is 0. The first-order valence-electron chi connectivity index (χ1n) is 3.60. The fourth-order valence-electron chi connectivity index (χ4n) is 0.970. The van der Waals surface area contributed by atoms with E-state index in [2.05, 4.69) is 4.74 Å². The van der Waals surface area contributed by atoms with E-state index in [0.29, 0.717) is 0 Å². The van der Waals surface area contributed by atoms with E-state index in [0.717, 1.165) is 12.0 Å². The molecule has 0 aromatic heterocycles. The van der Waals surface area contributed by atoms with Crippen molar-refractivity contribution in [3.05, 3.63) is 22.8 Å². The molecule has 0 bridgehead atoms. The van der Waals surface area contributed by atoms with Crippen LogP contribution in [0.4, 0.5) is 0 Å². The van der Waals surface area contributed by atoms with Gasteiger partial charge >= 0.3 is 5.97 Å². The summed E-state index contributed by atoms with van der Waals surface area (Å²) < 4.78 is 4.55. The summed E-state index contributed by atoms with van der Waals surface area (Å²) in [5, 5.41) is 0. The lowest BCUT2D eigenvalue weighted by atomic mass is 9.89. The number of rotatable bonds is 1. The Balaban J connectivity index is 2.67. The highest BCUT2D eigenvalue weighted by Crippen LogP contribution is 2.28. The van der Waals surface area contributed by atoms with Crippen molar-refractivity contribution in [2.24, 2.45) is 0 Å². The summed E-state index contributed by atoms with van der Waals surface area (Å²) in [6.07, 6.45) is 2.66. The van der Waals surface area contributed by atoms with Crippen molar-refractivity contribution in [1.82, 2.24) is 0 Å². The molecule has 1 aliphatic carbocycles. The zero-order valence-electron chi connectivity index (χ0n) is 7.10. The van der Waals surface area contributed by atoms with Crippen LogP contribution < -0.4 is 0 Å². The van der Waals surface area contributed by atoms with Gasteiger partial charge in [0, 0.05) is 12.0 Å². The predicted molar refractivity (Wildman–Crippen MR) is 43.1 cm³/mol. The first kappa shape index (κ1) is 8.05. The van der Waals surface area contributed by atoms with Crippen LogP contribution in [0.15, 0.2) is 22.8 Å². The van der Waals surface area contributed by atoms with Crippen molar-refractivity contribution in [3.8, 4) is 0 Å². The molecule has 0 heterocycles. The second kappa shape index (κ2) is 2.91. The lowest BCUT2D eigenvalue weighted by molar-refractivity contribution is -0.136. The van der Waals surface area contributed by atoms with Crippen LogP contribution in [0.25, 0.3) is 0 Å². The van der Waals surface area contributed by atoms with E-state index >= 15 is 0 Å². The molecule has 11 heavy (non-hydrogen) atoms. The summed E-state index contributed by atoms with van der Waals surface area (Å²) >= 11 is 0. The van der Waals surface area contributed by atoms with Gasteiger partial charge in [0.2, 0.25) is 0 Å². The van der Waals surface area contributed by atoms with E-state index in [1.165, 1.54) is 18.3 Å². The average molecular weight is 152 g/mol. The molecule has 60 valence electrons. The van der Waals surface area contributed by atoms with Crippen LogP contribution in [0.5, 0.6) is 0 Å². The van der Waals surface area contributed by atoms with Gasteiger partial charge in [0.05, 0.1) is 7.11 Å². The summed E-state index contributed by atoms with van der Waals surface area (Å²) in [5.41, 5.74) is 3.31. The first-order chi connectivity index (χ1) is 5.15. The molecule has 0 spiro atoms. The average Bonchev–Trinajstić information content (AvgIpc) is 1.83. The van der Waals surface area contributed by atoms with E-state index in [-0.39, 0.29) is 5.97 Å². The minimum absolute atomic E-state index is 0.199. The van der Waals surface area contributed by atoms with Crippen molar-refractivity contribution in [3.63, 3.8) is 0 Å². The van der Waals surface area contributed by atoms with E-state index in [4.69, 9.17) is 0 Å². The van der Waals surface area contributed by atoms with Crippen LogP contribution >= 0.6 is 0 Å². The van der Waals surface area contributed by atoms with Crippen molar-refractivity contribution >= 4 is 5.97 Å². The lowest BCUT2D eigenvalue weighted by Gasteiger charge is -2.17. The maximum atomic E-state index is 10.8. The van der Waals surface area contributed by atoms with Gasteiger partial charge in [-0.15, -0.1) is 0 Å². The molecule has 0 saturated heterocycles. The van der Waals surface area contributed by atoms with E-state index in [1.807, 2.05) is 19.9 Å². The lowest BCUT2D eigenvalue weighted by Crippen LogP contribution is -2.12. The molecule has 0 aromatic carbocycles. The summed E-state index contributed by atoms with van der Waals surface area (Å²) in [4.78, 5) is 10.8. The van der Waals surface area contributed by atoms with Crippen LogP contribution in [0.3, 0.4) is 0 Å².